The van der Waals surface area contributed by atoms with Crippen molar-refractivity contribution in [3.63, 3.8) is 0 Å². The zero-order valence-electron chi connectivity index (χ0n) is 16.5. The van der Waals surface area contributed by atoms with Crippen molar-refractivity contribution in [2.24, 2.45) is 0 Å². The normalized spacial score (nSPS) is 17.6. The van der Waals surface area contributed by atoms with Gasteiger partial charge in [0.05, 0.1) is 19.9 Å². The Bertz CT molecular complexity index is 1170. The molecule has 0 radical (unpaired) electrons. The van der Waals surface area contributed by atoms with E-state index in [-0.39, 0.29) is 11.4 Å². The zero-order chi connectivity index (χ0) is 21.3. The number of sulfonamides is 1. The largest absolute Gasteiger partial charge is 0.493 e. The molecule has 0 spiro atoms. The number of nitrogens with zero attached hydrogens (tertiary/aromatic N) is 1. The van der Waals surface area contributed by atoms with Crippen LogP contribution in [0.1, 0.15) is 17.3 Å². The third-order valence-electron chi connectivity index (χ3n) is 5.03. The molecule has 30 heavy (non-hydrogen) atoms. The molecule has 0 aromatic heterocycles. The van der Waals surface area contributed by atoms with Gasteiger partial charge in [-0.15, -0.1) is 0 Å². The van der Waals surface area contributed by atoms with Gasteiger partial charge in [-0.2, -0.15) is 4.31 Å². The summed E-state index contributed by atoms with van der Waals surface area (Å²) in [4.78, 5) is 0.258. The molecule has 1 aliphatic rings. The summed E-state index contributed by atoms with van der Waals surface area (Å²) in [6, 6.07) is 20.0. The molecule has 0 fully saturated rings. The van der Waals surface area contributed by atoms with Crippen LogP contribution in [0.3, 0.4) is 0 Å². The number of anilines is 1. The summed E-state index contributed by atoms with van der Waals surface area (Å²) in [6.07, 6.45) is -0.640. The van der Waals surface area contributed by atoms with E-state index >= 15 is 0 Å². The van der Waals surface area contributed by atoms with Crippen LogP contribution in [0.25, 0.3) is 0 Å². The fraction of sp³-hybridized carbons (Fsp3) is 0.182. The van der Waals surface area contributed by atoms with Crippen molar-refractivity contribution in [1.29, 1.82) is 0 Å². The summed E-state index contributed by atoms with van der Waals surface area (Å²) in [6.45, 7) is 0.218. The molecule has 8 heteroatoms. The van der Waals surface area contributed by atoms with Crippen LogP contribution in [-0.4, -0.2) is 26.9 Å². The minimum Gasteiger partial charge on any atom is -0.493 e. The zero-order valence-corrected chi connectivity index (χ0v) is 18.9. The minimum atomic E-state index is -3.75. The second-order valence-electron chi connectivity index (χ2n) is 6.81. The smallest absolute Gasteiger partial charge is 0.247 e. The van der Waals surface area contributed by atoms with Gasteiger partial charge >= 0.3 is 0 Å². The molecule has 1 aliphatic heterocycles. The van der Waals surface area contributed by atoms with Crippen LogP contribution >= 0.6 is 15.9 Å². The second kappa shape index (κ2) is 8.29. The molecule has 6 nitrogen and oxygen atoms in total. The molecule has 0 saturated carbocycles. The van der Waals surface area contributed by atoms with E-state index in [2.05, 4.69) is 21.2 Å². The lowest BCUT2D eigenvalue weighted by Crippen LogP contribution is -2.42. The van der Waals surface area contributed by atoms with Crippen LogP contribution in [0.15, 0.2) is 76.1 Å². The van der Waals surface area contributed by atoms with Gasteiger partial charge < -0.3 is 14.8 Å². The van der Waals surface area contributed by atoms with Crippen LogP contribution in [0.4, 0.5) is 5.69 Å². The van der Waals surface area contributed by atoms with Gasteiger partial charge in [0.1, 0.15) is 11.1 Å². The number of ether oxygens (including phenoxy) is 2. The topological polar surface area (TPSA) is 67.9 Å². The first-order valence-corrected chi connectivity index (χ1v) is 11.5. The van der Waals surface area contributed by atoms with Gasteiger partial charge in [0.25, 0.3) is 0 Å². The highest BCUT2D eigenvalue weighted by molar-refractivity contribution is 9.10. The maximum absolute atomic E-state index is 13.6. The average Bonchev–Trinajstić information content (AvgIpc) is 2.76. The maximum Gasteiger partial charge on any atom is 0.247 e. The van der Waals surface area contributed by atoms with E-state index < -0.39 is 16.2 Å². The molecule has 1 heterocycles. The first kappa shape index (κ1) is 20.7. The predicted octanol–water partition coefficient (Wildman–Crippen LogP) is 4.78. The number of halogens is 1. The van der Waals surface area contributed by atoms with Gasteiger partial charge in [0.2, 0.25) is 10.0 Å². The van der Waals surface area contributed by atoms with E-state index in [1.165, 1.54) is 4.31 Å². The van der Waals surface area contributed by atoms with E-state index in [1.54, 1.807) is 44.6 Å². The SMILES string of the molecule is COc1cc(Br)c([C@H]2Nc3ccccc3S(=O)(=O)N2Cc2ccccc2)cc1OC. The van der Waals surface area contributed by atoms with Crippen molar-refractivity contribution >= 4 is 31.6 Å². The lowest BCUT2D eigenvalue weighted by Gasteiger charge is -2.38. The van der Waals surface area contributed by atoms with E-state index in [0.29, 0.717) is 21.7 Å². The molecule has 156 valence electrons. The van der Waals surface area contributed by atoms with Gasteiger partial charge in [0, 0.05) is 16.6 Å². The Morgan fingerprint density at radius 3 is 2.30 bits per heavy atom. The summed E-state index contributed by atoms with van der Waals surface area (Å²) in [7, 11) is -0.639. The van der Waals surface area contributed by atoms with Crippen LogP contribution in [0.5, 0.6) is 11.5 Å². The minimum absolute atomic E-state index is 0.218. The summed E-state index contributed by atoms with van der Waals surface area (Å²) >= 11 is 3.58. The number of methoxy groups -OCH3 is 2. The average molecular weight is 489 g/mol. The Kier molecular flexibility index (Phi) is 5.73. The highest BCUT2D eigenvalue weighted by atomic mass is 79.9. The monoisotopic (exact) mass is 488 g/mol. The van der Waals surface area contributed by atoms with Crippen molar-refractivity contribution < 1.29 is 17.9 Å². The van der Waals surface area contributed by atoms with E-state index in [9.17, 15) is 8.42 Å². The summed E-state index contributed by atoms with van der Waals surface area (Å²) in [5.41, 5.74) is 2.18. The number of para-hydroxylation sites is 1. The predicted molar refractivity (Wildman–Crippen MR) is 119 cm³/mol. The van der Waals surface area contributed by atoms with Crippen LogP contribution in [0.2, 0.25) is 0 Å². The fourth-order valence-corrected chi connectivity index (χ4v) is 5.76. The molecule has 1 atom stereocenters. The quantitative estimate of drug-likeness (QED) is 0.559. The molecule has 0 bridgehead atoms. The third kappa shape index (κ3) is 3.66. The van der Waals surface area contributed by atoms with Crippen LogP contribution in [-0.2, 0) is 16.6 Å². The van der Waals surface area contributed by atoms with E-state index in [1.807, 2.05) is 36.4 Å². The standard InChI is InChI=1S/C22H21BrN2O4S/c1-28-19-12-16(17(23)13-20(19)29-2)22-24-18-10-6-7-11-21(18)30(26,27)25(22)14-15-8-4-3-5-9-15/h3-13,22,24H,14H2,1-2H3/t22-/m0/s1. The van der Waals surface area contributed by atoms with Gasteiger partial charge in [-0.3, -0.25) is 0 Å². The van der Waals surface area contributed by atoms with E-state index in [0.717, 1.165) is 11.1 Å². The van der Waals surface area contributed by atoms with Crippen molar-refractivity contribution in [2.75, 3.05) is 19.5 Å². The fourth-order valence-electron chi connectivity index (χ4n) is 3.55. The molecular weight excluding hydrogens is 468 g/mol. The van der Waals surface area contributed by atoms with E-state index in [4.69, 9.17) is 9.47 Å². The number of fused-ring (bicyclic) bond motifs is 1. The van der Waals surface area contributed by atoms with Gasteiger partial charge in [-0.25, -0.2) is 8.42 Å². The van der Waals surface area contributed by atoms with Gasteiger partial charge in [0.15, 0.2) is 11.5 Å². The molecule has 4 rings (SSSR count). The molecule has 0 saturated heterocycles. The molecule has 1 N–H and O–H groups in total. The van der Waals surface area contributed by atoms with Gasteiger partial charge in [-0.05, 0) is 29.8 Å². The molecule has 0 amide bonds. The number of hydrogen-bond acceptors (Lipinski definition) is 5. The molecule has 3 aromatic rings. The molecule has 0 aliphatic carbocycles. The Balaban J connectivity index is 1.88. The number of nitrogens with one attached hydrogen (secondary N) is 1. The third-order valence-corrected chi connectivity index (χ3v) is 7.59. The Hall–Kier alpha value is -2.55. The van der Waals surface area contributed by atoms with Crippen LogP contribution < -0.4 is 14.8 Å². The maximum atomic E-state index is 13.6. The second-order valence-corrected chi connectivity index (χ2v) is 9.52. The Morgan fingerprint density at radius 1 is 0.967 bits per heavy atom. The molecule has 3 aromatic carbocycles. The summed E-state index contributed by atoms with van der Waals surface area (Å²) in [5.74, 6) is 1.08. The summed E-state index contributed by atoms with van der Waals surface area (Å²) in [5, 5.41) is 3.39. The number of rotatable bonds is 5. The molecular formula is C22H21BrN2O4S. The highest BCUT2D eigenvalue weighted by Crippen LogP contribution is 2.43. The Morgan fingerprint density at radius 2 is 1.60 bits per heavy atom. The highest BCUT2D eigenvalue weighted by Gasteiger charge is 2.40. The lowest BCUT2D eigenvalue weighted by atomic mass is 10.1. The first-order chi connectivity index (χ1) is 14.5. The van der Waals surface area contributed by atoms with Crippen molar-refractivity contribution in [2.45, 2.75) is 17.6 Å². The number of hydrogen-bond donors (Lipinski definition) is 1. The van der Waals surface area contributed by atoms with Gasteiger partial charge in [-0.1, -0.05) is 58.4 Å². The Labute approximate surface area is 184 Å². The first-order valence-electron chi connectivity index (χ1n) is 9.28. The lowest BCUT2D eigenvalue weighted by molar-refractivity contribution is 0.329. The summed E-state index contributed by atoms with van der Waals surface area (Å²) < 4.78 is 40.2. The number of benzene rings is 3. The van der Waals surface area contributed by atoms with Crippen molar-refractivity contribution in [3.8, 4) is 11.5 Å². The van der Waals surface area contributed by atoms with Crippen molar-refractivity contribution in [3.05, 3.63) is 82.3 Å². The van der Waals surface area contributed by atoms with Crippen molar-refractivity contribution in [1.82, 2.24) is 4.31 Å². The van der Waals surface area contributed by atoms with Crippen LogP contribution in [0, 0.1) is 0 Å². The molecule has 0 unspecified atom stereocenters.